The van der Waals surface area contributed by atoms with Crippen molar-refractivity contribution in [2.45, 2.75) is 70.1 Å². The molecule has 2 aromatic heterocycles. The van der Waals surface area contributed by atoms with Crippen LogP contribution in [0.3, 0.4) is 0 Å². The summed E-state index contributed by atoms with van der Waals surface area (Å²) in [6.45, 7) is 6.71. The topological polar surface area (TPSA) is 155 Å². The molecular formula is C26H33ClFN4O8P. The Morgan fingerprint density at radius 2 is 1.98 bits per heavy atom. The molecule has 15 heteroatoms. The Hall–Kier alpha value is -2.83. The van der Waals surface area contributed by atoms with Gasteiger partial charge in [-0.15, -0.1) is 11.6 Å². The summed E-state index contributed by atoms with van der Waals surface area (Å²) in [5.41, 5.74) is -0.461. The van der Waals surface area contributed by atoms with E-state index >= 15 is 0 Å². The zero-order valence-electron chi connectivity index (χ0n) is 23.2. The summed E-state index contributed by atoms with van der Waals surface area (Å²) in [5, 5.41) is 11.2. The van der Waals surface area contributed by atoms with Crippen LogP contribution in [-0.4, -0.2) is 72.7 Å². The number of hydrogen-bond acceptors (Lipinski definition) is 10. The summed E-state index contributed by atoms with van der Waals surface area (Å²) in [6.07, 6.45) is -5.03. The largest absolute Gasteiger partial charge is 0.463 e. The van der Waals surface area contributed by atoms with E-state index in [4.69, 9.17) is 30.1 Å². The van der Waals surface area contributed by atoms with Crippen molar-refractivity contribution in [3.63, 3.8) is 0 Å². The third-order valence-corrected chi connectivity index (χ3v) is 9.19. The highest BCUT2D eigenvalue weighted by molar-refractivity contribution is 7.54. The van der Waals surface area contributed by atoms with Crippen LogP contribution in [0.2, 0.25) is 0 Å². The van der Waals surface area contributed by atoms with Gasteiger partial charge in [-0.1, -0.05) is 25.1 Å². The van der Waals surface area contributed by atoms with E-state index in [1.54, 1.807) is 51.1 Å². The molecule has 4 rings (SSSR count). The Kier molecular flexibility index (Phi) is 9.25. The van der Waals surface area contributed by atoms with Crippen LogP contribution in [0.25, 0.3) is 11.2 Å². The first-order valence-corrected chi connectivity index (χ1v) is 15.1. The van der Waals surface area contributed by atoms with Crippen LogP contribution >= 0.6 is 19.2 Å². The molecule has 3 heterocycles. The molecule has 3 aromatic rings. The number of benzene rings is 1. The number of halogens is 2. The number of hydrogen-bond donors (Lipinski definition) is 2. The van der Waals surface area contributed by atoms with Crippen molar-refractivity contribution in [2.75, 3.05) is 12.8 Å². The number of nitrogens with one attached hydrogen (secondary N) is 1. The fourth-order valence-corrected chi connectivity index (χ4v) is 6.96. The van der Waals surface area contributed by atoms with E-state index in [1.807, 2.05) is 0 Å². The van der Waals surface area contributed by atoms with Crippen molar-refractivity contribution in [1.29, 1.82) is 0 Å². The number of aryl methyl sites for hydroxylation is 1. The molecule has 0 aliphatic carbocycles. The van der Waals surface area contributed by atoms with Gasteiger partial charge in [0.1, 0.15) is 35.3 Å². The lowest BCUT2D eigenvalue weighted by Crippen LogP contribution is -2.46. The van der Waals surface area contributed by atoms with Gasteiger partial charge in [0.15, 0.2) is 17.4 Å². The molecule has 1 fully saturated rings. The van der Waals surface area contributed by atoms with Crippen LogP contribution < -0.4 is 10.1 Å². The summed E-state index contributed by atoms with van der Waals surface area (Å²) in [5.74, 6) is -0.956. The minimum absolute atomic E-state index is 0.0256. The van der Waals surface area contributed by atoms with Gasteiger partial charge in [-0.2, -0.15) is 0 Å². The average Bonchev–Trinajstić information content (AvgIpc) is 3.42. The number of aliphatic hydroxyl groups is 1. The summed E-state index contributed by atoms with van der Waals surface area (Å²) in [4.78, 5) is 33.7. The number of alkyl halides is 2. The molecule has 0 radical (unpaired) electrons. The number of aliphatic hydroxyl groups excluding tert-OH is 1. The Morgan fingerprint density at radius 1 is 1.29 bits per heavy atom. The molecule has 1 aromatic carbocycles. The van der Waals surface area contributed by atoms with Crippen molar-refractivity contribution in [2.24, 2.45) is 5.92 Å². The van der Waals surface area contributed by atoms with Crippen LogP contribution in [0, 0.1) is 12.8 Å². The van der Waals surface area contributed by atoms with Crippen LogP contribution in [0.1, 0.15) is 39.7 Å². The number of esters is 1. The second kappa shape index (κ2) is 12.2. The number of aromatic nitrogens is 4. The fraction of sp³-hybridized carbons (Fsp3) is 0.538. The molecule has 1 aliphatic rings. The quantitative estimate of drug-likeness (QED) is 0.185. The molecule has 0 spiro atoms. The first-order chi connectivity index (χ1) is 19.3. The van der Waals surface area contributed by atoms with Crippen LogP contribution in [0.4, 0.5) is 4.39 Å². The lowest BCUT2D eigenvalue weighted by Gasteiger charge is -2.29. The number of fused-ring (bicyclic) bond motifs is 1. The van der Waals surface area contributed by atoms with Crippen molar-refractivity contribution in [3.05, 3.63) is 52.8 Å². The highest BCUT2D eigenvalue weighted by Crippen LogP contribution is 2.53. The minimum atomic E-state index is -4.12. The Labute approximate surface area is 240 Å². The van der Waals surface area contributed by atoms with Gasteiger partial charge in [0, 0.05) is 0 Å². The highest BCUT2D eigenvalue weighted by Gasteiger charge is 2.59. The number of para-hydroxylation sites is 1. The van der Waals surface area contributed by atoms with Crippen molar-refractivity contribution >= 4 is 36.3 Å². The summed E-state index contributed by atoms with van der Waals surface area (Å²) in [7, 11) is -4.12. The predicted octanol–water partition coefficient (Wildman–Crippen LogP) is 3.90. The van der Waals surface area contributed by atoms with Gasteiger partial charge in [-0.05, 0) is 39.8 Å². The Morgan fingerprint density at radius 3 is 2.61 bits per heavy atom. The Balaban J connectivity index is 1.63. The molecule has 1 aliphatic heterocycles. The summed E-state index contributed by atoms with van der Waals surface area (Å²) in [6, 6.07) is 8.24. The molecule has 224 valence electrons. The molecule has 0 bridgehead atoms. The number of carbonyl (C=O) groups is 1. The third kappa shape index (κ3) is 6.49. The van der Waals surface area contributed by atoms with Gasteiger partial charge in [0.25, 0.3) is 5.56 Å². The van der Waals surface area contributed by atoms with Gasteiger partial charge in [-0.3, -0.25) is 18.7 Å². The second-order valence-corrected chi connectivity index (χ2v) is 13.0. The molecule has 7 atom stereocenters. The summed E-state index contributed by atoms with van der Waals surface area (Å²) >= 11 is 6.63. The van der Waals surface area contributed by atoms with E-state index in [0.29, 0.717) is 0 Å². The zero-order chi connectivity index (χ0) is 30.1. The SMILES string of the molecule is Cc1nc2c(ncn2[C@@H]2O[C@H]([C@H](C)O[P@](=O)(C[C@@H](C)C(=O)OC(C)C)Oc3ccccc3)[C@H](O)C2(Cl)CF)c(=O)[nH]1. The van der Waals surface area contributed by atoms with Crippen LogP contribution in [0.5, 0.6) is 5.75 Å². The monoisotopic (exact) mass is 614 g/mol. The molecule has 1 saturated heterocycles. The maximum absolute atomic E-state index is 14.5. The fourth-order valence-electron chi connectivity index (χ4n) is 4.59. The maximum atomic E-state index is 14.5. The zero-order valence-corrected chi connectivity index (χ0v) is 24.8. The average molecular weight is 615 g/mol. The standard InChI is InChI=1S/C26H33ClFN4O8P/c1-14(2)37-24(35)15(3)11-41(36,40-18-9-7-6-8-10-18)39-16(4)20-21(33)26(27,12-28)25(38-20)32-13-29-19-22(32)30-17(5)31-23(19)34/h6-10,13-16,20-21,25,33H,11-12H2,1-5H3,(H,30,31,34)/t15-,16+,20-,21+,25-,26?,41-/m1/s1. The summed E-state index contributed by atoms with van der Waals surface area (Å²) < 4.78 is 52.8. The van der Waals surface area contributed by atoms with Gasteiger partial charge >= 0.3 is 13.6 Å². The van der Waals surface area contributed by atoms with E-state index in [9.17, 15) is 23.7 Å². The molecule has 0 amide bonds. The first kappa shape index (κ1) is 31.1. The van der Waals surface area contributed by atoms with E-state index in [0.717, 1.165) is 0 Å². The van der Waals surface area contributed by atoms with Crippen molar-refractivity contribution in [1.82, 2.24) is 19.5 Å². The predicted molar refractivity (Wildman–Crippen MR) is 148 cm³/mol. The molecule has 41 heavy (non-hydrogen) atoms. The normalized spacial score (nSPS) is 25.6. The van der Waals surface area contributed by atoms with Gasteiger partial charge in [0.2, 0.25) is 0 Å². The number of carbonyl (C=O) groups excluding carboxylic acids is 1. The Bertz CT molecular complexity index is 1490. The molecule has 2 N–H and O–H groups in total. The number of imidazole rings is 1. The van der Waals surface area contributed by atoms with Crippen LogP contribution in [-0.2, 0) is 23.4 Å². The highest BCUT2D eigenvalue weighted by atomic mass is 35.5. The molecular weight excluding hydrogens is 582 g/mol. The van der Waals surface area contributed by atoms with E-state index < -0.39 is 61.1 Å². The number of H-pyrrole nitrogens is 1. The van der Waals surface area contributed by atoms with E-state index in [2.05, 4.69) is 15.0 Å². The maximum Gasteiger partial charge on any atom is 0.380 e. The minimum Gasteiger partial charge on any atom is -0.463 e. The van der Waals surface area contributed by atoms with Crippen LogP contribution in [0.15, 0.2) is 41.5 Å². The first-order valence-electron chi connectivity index (χ1n) is 13.0. The molecule has 12 nitrogen and oxygen atoms in total. The third-order valence-electron chi connectivity index (χ3n) is 6.54. The number of aromatic amines is 1. The van der Waals surface area contributed by atoms with Crippen molar-refractivity contribution < 1.29 is 37.4 Å². The van der Waals surface area contributed by atoms with E-state index in [1.165, 1.54) is 24.7 Å². The smallest absolute Gasteiger partial charge is 0.380 e. The lowest BCUT2D eigenvalue weighted by atomic mass is 9.97. The molecule has 0 saturated carbocycles. The van der Waals surface area contributed by atoms with Gasteiger partial charge in [0.05, 0.1) is 30.6 Å². The van der Waals surface area contributed by atoms with E-state index in [-0.39, 0.29) is 35.0 Å². The number of nitrogens with zero attached hydrogens (tertiary/aromatic N) is 3. The number of rotatable bonds is 11. The lowest BCUT2D eigenvalue weighted by molar-refractivity contribution is -0.151. The van der Waals surface area contributed by atoms with Crippen molar-refractivity contribution in [3.8, 4) is 5.75 Å². The van der Waals surface area contributed by atoms with Gasteiger partial charge in [-0.25, -0.2) is 18.9 Å². The second-order valence-electron chi connectivity index (χ2n) is 10.3. The molecule has 1 unspecified atom stereocenters. The van der Waals surface area contributed by atoms with Gasteiger partial charge < -0.3 is 24.1 Å². The number of ether oxygens (including phenoxy) is 2.